The molecule has 4 heterocycles. The Morgan fingerprint density at radius 1 is 0.974 bits per heavy atom. The normalized spacial score (nSPS) is 23.6. The molecular formula is C29H31F3N4O2. The van der Waals surface area contributed by atoms with Gasteiger partial charge in [0.2, 0.25) is 0 Å². The molecule has 0 saturated carbocycles. The van der Waals surface area contributed by atoms with Crippen molar-refractivity contribution in [3.63, 3.8) is 0 Å². The van der Waals surface area contributed by atoms with E-state index in [4.69, 9.17) is 4.74 Å². The van der Waals surface area contributed by atoms with Gasteiger partial charge in [-0.05, 0) is 66.8 Å². The van der Waals surface area contributed by atoms with E-state index in [1.165, 1.54) is 31.2 Å². The van der Waals surface area contributed by atoms with Crippen LogP contribution in [0.15, 0.2) is 36.4 Å². The lowest BCUT2D eigenvalue weighted by Gasteiger charge is -2.16. The van der Waals surface area contributed by atoms with E-state index in [9.17, 15) is 18.0 Å². The number of esters is 1. The molecule has 200 valence electrons. The van der Waals surface area contributed by atoms with E-state index < -0.39 is 6.17 Å². The van der Waals surface area contributed by atoms with Crippen LogP contribution >= 0.6 is 0 Å². The van der Waals surface area contributed by atoms with Crippen LogP contribution in [0, 0.1) is 11.6 Å². The van der Waals surface area contributed by atoms with Gasteiger partial charge in [-0.1, -0.05) is 0 Å². The largest absolute Gasteiger partial charge is 0.461 e. The number of carbonyl (C=O) groups excluding carboxylic acids is 1. The number of aryl methyl sites for hydroxylation is 1. The summed E-state index contributed by atoms with van der Waals surface area (Å²) in [5.74, 6) is -0.969. The minimum Gasteiger partial charge on any atom is -0.461 e. The van der Waals surface area contributed by atoms with Gasteiger partial charge >= 0.3 is 5.97 Å². The summed E-state index contributed by atoms with van der Waals surface area (Å²) in [6.45, 7) is 2.31. The third kappa shape index (κ3) is 4.58. The number of rotatable bonds is 6. The van der Waals surface area contributed by atoms with Crippen LogP contribution in [0.3, 0.4) is 0 Å². The predicted molar refractivity (Wildman–Crippen MR) is 141 cm³/mol. The molecule has 2 saturated heterocycles. The van der Waals surface area contributed by atoms with Gasteiger partial charge in [-0.25, -0.2) is 13.2 Å². The first-order chi connectivity index (χ1) is 18.3. The fraction of sp³-hybridized carbons (Fsp3) is 0.414. The first-order valence-electron chi connectivity index (χ1n) is 13.1. The summed E-state index contributed by atoms with van der Waals surface area (Å²) in [7, 11) is 1.91. The van der Waals surface area contributed by atoms with Crippen LogP contribution in [-0.4, -0.2) is 53.0 Å². The van der Waals surface area contributed by atoms with E-state index in [-0.39, 0.29) is 35.8 Å². The van der Waals surface area contributed by atoms with Gasteiger partial charge in [-0.2, -0.15) is 0 Å². The lowest BCUT2D eigenvalue weighted by atomic mass is 9.95. The highest BCUT2D eigenvalue weighted by Gasteiger charge is 2.31. The third-order valence-corrected chi connectivity index (χ3v) is 7.96. The van der Waals surface area contributed by atoms with Gasteiger partial charge in [-0.3, -0.25) is 4.79 Å². The molecule has 2 aliphatic rings. The maximum absolute atomic E-state index is 14.4. The summed E-state index contributed by atoms with van der Waals surface area (Å²) >= 11 is 0. The number of hydrogen-bond acceptors (Lipinski definition) is 4. The molecule has 0 radical (unpaired) electrons. The number of H-pyrrole nitrogens is 1. The maximum atomic E-state index is 14.4. The van der Waals surface area contributed by atoms with Crippen molar-refractivity contribution in [3.8, 4) is 11.4 Å². The van der Waals surface area contributed by atoms with Crippen molar-refractivity contribution in [2.24, 2.45) is 7.05 Å². The molecule has 0 aliphatic carbocycles. The average Bonchev–Trinajstić information content (AvgIpc) is 3.62. The highest BCUT2D eigenvalue weighted by atomic mass is 19.1. The number of aromatic nitrogens is 2. The van der Waals surface area contributed by atoms with Crippen molar-refractivity contribution < 1.29 is 22.7 Å². The van der Waals surface area contributed by atoms with Crippen LogP contribution in [0.2, 0.25) is 0 Å². The Kier molecular flexibility index (Phi) is 6.44. The molecule has 9 heteroatoms. The van der Waals surface area contributed by atoms with Crippen molar-refractivity contribution in [1.29, 1.82) is 0 Å². The Balaban J connectivity index is 1.49. The van der Waals surface area contributed by atoms with Crippen molar-refractivity contribution in [3.05, 3.63) is 59.2 Å². The van der Waals surface area contributed by atoms with E-state index in [0.29, 0.717) is 44.3 Å². The summed E-state index contributed by atoms with van der Waals surface area (Å²) in [5, 5.41) is 8.56. The zero-order valence-corrected chi connectivity index (χ0v) is 21.4. The molecule has 0 bridgehead atoms. The van der Waals surface area contributed by atoms with Crippen molar-refractivity contribution in [2.75, 3.05) is 13.1 Å². The van der Waals surface area contributed by atoms with Gasteiger partial charge in [0.05, 0.1) is 16.9 Å². The van der Waals surface area contributed by atoms with Crippen LogP contribution in [0.5, 0.6) is 0 Å². The second kappa shape index (κ2) is 9.78. The smallest absolute Gasteiger partial charge is 0.302 e. The molecule has 2 fully saturated rings. The van der Waals surface area contributed by atoms with Gasteiger partial charge in [0, 0.05) is 61.9 Å². The zero-order valence-electron chi connectivity index (χ0n) is 21.4. The Labute approximate surface area is 218 Å². The number of hydrogen-bond donors (Lipinski definition) is 3. The van der Waals surface area contributed by atoms with Crippen molar-refractivity contribution >= 4 is 27.8 Å². The molecule has 0 unspecified atom stereocenters. The number of alkyl halides is 1. The number of aromatic amines is 1. The van der Waals surface area contributed by atoms with Crippen LogP contribution in [0.1, 0.15) is 30.9 Å². The number of nitrogens with one attached hydrogen (secondary N) is 3. The number of nitrogens with zero attached hydrogens (tertiary/aromatic N) is 1. The number of benzene rings is 2. The average molecular weight is 525 g/mol. The third-order valence-electron chi connectivity index (χ3n) is 7.96. The van der Waals surface area contributed by atoms with Crippen molar-refractivity contribution in [2.45, 2.75) is 57.0 Å². The predicted octanol–water partition coefficient (Wildman–Crippen LogP) is 4.68. The van der Waals surface area contributed by atoms with Gasteiger partial charge in [0.1, 0.15) is 23.9 Å². The standard InChI is InChI=1S/C29H31F3N4O2/c1-15(37)38-21-10-20(34-14-21)12-25-23-6-4-17(31)9-27(23)36(2)29(25)28-24(11-19-7-18(32)13-33-19)22-5-3-16(30)8-26(22)35-28/h3-6,8-9,18-21,33-35H,7,10-14H2,1-2H3/t18-,19-,20-,21-/m0/s1. The number of carbonyl (C=O) groups is 1. The number of halogens is 3. The molecule has 38 heavy (non-hydrogen) atoms. The van der Waals surface area contributed by atoms with Crippen LogP contribution < -0.4 is 10.6 Å². The minimum atomic E-state index is -0.888. The first kappa shape index (κ1) is 25.0. The summed E-state index contributed by atoms with van der Waals surface area (Å²) in [4.78, 5) is 14.9. The SMILES string of the molecule is CC(=O)O[C@@H]1CN[C@H](Cc2c(-c3[nH]c4cc(F)ccc4c3C[C@@H]3C[C@H](F)CN3)n(C)c3cc(F)ccc23)C1. The highest BCUT2D eigenvalue weighted by Crippen LogP contribution is 2.40. The Hall–Kier alpha value is -3.30. The van der Waals surface area contributed by atoms with Gasteiger partial charge < -0.3 is 24.9 Å². The molecule has 3 N–H and O–H groups in total. The molecule has 0 spiro atoms. The summed E-state index contributed by atoms with van der Waals surface area (Å²) in [6, 6.07) is 9.51. The van der Waals surface area contributed by atoms with E-state index >= 15 is 0 Å². The monoisotopic (exact) mass is 524 g/mol. The molecule has 2 aromatic carbocycles. The van der Waals surface area contributed by atoms with Crippen LogP contribution in [0.25, 0.3) is 33.2 Å². The van der Waals surface area contributed by atoms with Crippen molar-refractivity contribution in [1.82, 2.24) is 20.2 Å². The van der Waals surface area contributed by atoms with Gasteiger partial charge in [-0.15, -0.1) is 0 Å². The lowest BCUT2D eigenvalue weighted by molar-refractivity contribution is -0.145. The number of fused-ring (bicyclic) bond motifs is 2. The second-order valence-corrected chi connectivity index (χ2v) is 10.6. The Morgan fingerprint density at radius 3 is 2.39 bits per heavy atom. The van der Waals surface area contributed by atoms with E-state index in [1.54, 1.807) is 12.1 Å². The van der Waals surface area contributed by atoms with E-state index in [1.807, 2.05) is 11.6 Å². The van der Waals surface area contributed by atoms with E-state index in [0.717, 1.165) is 38.8 Å². The molecule has 6 rings (SSSR count). The summed E-state index contributed by atoms with van der Waals surface area (Å²) in [5.41, 5.74) is 5.16. The summed E-state index contributed by atoms with van der Waals surface area (Å²) < 4.78 is 50.0. The van der Waals surface area contributed by atoms with E-state index in [2.05, 4.69) is 15.6 Å². The Bertz CT molecular complexity index is 1530. The van der Waals surface area contributed by atoms with Crippen LogP contribution in [0.4, 0.5) is 13.2 Å². The minimum absolute atomic E-state index is 0.0376. The topological polar surface area (TPSA) is 71.1 Å². The second-order valence-electron chi connectivity index (χ2n) is 10.6. The lowest BCUT2D eigenvalue weighted by Crippen LogP contribution is -2.25. The maximum Gasteiger partial charge on any atom is 0.302 e. The fourth-order valence-corrected chi connectivity index (χ4v) is 6.34. The van der Waals surface area contributed by atoms with Crippen LogP contribution in [-0.2, 0) is 29.4 Å². The molecule has 4 atom stereocenters. The molecule has 0 amide bonds. The first-order valence-corrected chi connectivity index (χ1v) is 13.1. The van der Waals surface area contributed by atoms with Gasteiger partial charge in [0.15, 0.2) is 0 Å². The Morgan fingerprint density at radius 2 is 1.66 bits per heavy atom. The summed E-state index contributed by atoms with van der Waals surface area (Å²) in [6.07, 6.45) is 1.22. The molecule has 2 aliphatic heterocycles. The highest BCUT2D eigenvalue weighted by molar-refractivity contribution is 5.96. The zero-order chi connectivity index (χ0) is 26.6. The molecular weight excluding hydrogens is 493 g/mol. The molecule has 2 aromatic heterocycles. The molecule has 4 aromatic rings. The molecule has 6 nitrogen and oxygen atoms in total. The van der Waals surface area contributed by atoms with Gasteiger partial charge in [0.25, 0.3) is 0 Å². The quantitative estimate of drug-likeness (QED) is 0.320. The fourth-order valence-electron chi connectivity index (χ4n) is 6.34. The number of ether oxygens (including phenoxy) is 1.